The summed E-state index contributed by atoms with van der Waals surface area (Å²) in [7, 11) is 0. The Hall–Kier alpha value is -2.66. The summed E-state index contributed by atoms with van der Waals surface area (Å²) in [6.07, 6.45) is 3.96. The van der Waals surface area contributed by atoms with Gasteiger partial charge < -0.3 is 9.88 Å². The number of hydrogen-bond donors (Lipinski definition) is 1. The molecule has 138 valence electrons. The molecule has 0 radical (unpaired) electrons. The van der Waals surface area contributed by atoms with Crippen LogP contribution in [0.3, 0.4) is 0 Å². The molecule has 2 aliphatic rings. The molecule has 1 spiro atoms. The predicted octanol–water partition coefficient (Wildman–Crippen LogP) is 3.30. The third-order valence-electron chi connectivity index (χ3n) is 6.16. The van der Waals surface area contributed by atoms with Crippen LogP contribution in [-0.2, 0) is 6.54 Å². The molecular formula is C22H24N4O. The quantitative estimate of drug-likeness (QED) is 0.780. The molecule has 0 aliphatic carbocycles. The number of nitrogens with one attached hydrogen (secondary N) is 1. The first-order chi connectivity index (χ1) is 13.2. The second kappa shape index (κ2) is 6.50. The third-order valence-corrected chi connectivity index (χ3v) is 6.16. The van der Waals surface area contributed by atoms with Crippen molar-refractivity contribution in [1.82, 2.24) is 19.8 Å². The van der Waals surface area contributed by atoms with Crippen molar-refractivity contribution in [2.45, 2.75) is 19.4 Å². The number of amides is 1. The standard InChI is InChI=1S/C22H24N4O/c27-21(18-6-7-19-20(12-18)24-16-23-19)26-11-9-22(15-26)8-10-25(14-22)13-17-4-2-1-3-5-17/h1-7,12,16H,8-11,13-15H2,(H,23,24). The number of fused-ring (bicyclic) bond motifs is 1. The van der Waals surface area contributed by atoms with Gasteiger partial charge in [0.1, 0.15) is 0 Å². The Morgan fingerprint density at radius 3 is 2.81 bits per heavy atom. The fourth-order valence-electron chi connectivity index (χ4n) is 4.70. The van der Waals surface area contributed by atoms with Gasteiger partial charge in [-0.2, -0.15) is 0 Å². The van der Waals surface area contributed by atoms with E-state index in [9.17, 15) is 4.79 Å². The van der Waals surface area contributed by atoms with E-state index in [2.05, 4.69) is 45.2 Å². The fraction of sp³-hybridized carbons (Fsp3) is 0.364. The molecular weight excluding hydrogens is 336 g/mol. The molecule has 3 heterocycles. The minimum Gasteiger partial charge on any atom is -0.345 e. The molecule has 1 amide bonds. The molecule has 5 nitrogen and oxygen atoms in total. The first kappa shape index (κ1) is 16.5. The van der Waals surface area contributed by atoms with E-state index in [1.165, 1.54) is 12.0 Å². The number of benzene rings is 2. The molecule has 27 heavy (non-hydrogen) atoms. The van der Waals surface area contributed by atoms with Gasteiger partial charge in [0.15, 0.2) is 0 Å². The molecule has 0 bridgehead atoms. The van der Waals surface area contributed by atoms with Crippen molar-refractivity contribution >= 4 is 16.9 Å². The van der Waals surface area contributed by atoms with Crippen LogP contribution in [-0.4, -0.2) is 51.9 Å². The van der Waals surface area contributed by atoms with Crippen LogP contribution in [0.4, 0.5) is 0 Å². The number of aromatic amines is 1. The Morgan fingerprint density at radius 2 is 1.93 bits per heavy atom. The van der Waals surface area contributed by atoms with Gasteiger partial charge in [-0.15, -0.1) is 0 Å². The highest BCUT2D eigenvalue weighted by Crippen LogP contribution is 2.40. The molecule has 1 N–H and O–H groups in total. The number of carbonyl (C=O) groups is 1. The van der Waals surface area contributed by atoms with Gasteiger partial charge in [0.25, 0.3) is 5.91 Å². The average molecular weight is 360 g/mol. The molecule has 1 aromatic heterocycles. The zero-order valence-corrected chi connectivity index (χ0v) is 15.4. The van der Waals surface area contributed by atoms with Crippen LogP contribution in [0.1, 0.15) is 28.8 Å². The minimum absolute atomic E-state index is 0.143. The summed E-state index contributed by atoms with van der Waals surface area (Å²) in [5, 5.41) is 0. The summed E-state index contributed by atoms with van der Waals surface area (Å²) in [5.41, 5.74) is 4.21. The normalized spacial score (nSPS) is 22.9. The van der Waals surface area contributed by atoms with Crippen molar-refractivity contribution in [1.29, 1.82) is 0 Å². The third kappa shape index (κ3) is 3.12. The summed E-state index contributed by atoms with van der Waals surface area (Å²) < 4.78 is 0. The zero-order chi connectivity index (χ0) is 18.3. The Kier molecular flexibility index (Phi) is 3.97. The molecule has 0 saturated carbocycles. The van der Waals surface area contributed by atoms with Crippen LogP contribution in [0.25, 0.3) is 11.0 Å². The van der Waals surface area contributed by atoms with E-state index in [4.69, 9.17) is 0 Å². The van der Waals surface area contributed by atoms with Gasteiger partial charge in [-0.1, -0.05) is 30.3 Å². The van der Waals surface area contributed by atoms with Crippen LogP contribution < -0.4 is 0 Å². The lowest BCUT2D eigenvalue weighted by atomic mass is 9.86. The maximum Gasteiger partial charge on any atom is 0.253 e. The number of likely N-dealkylation sites (tertiary alicyclic amines) is 2. The van der Waals surface area contributed by atoms with Gasteiger partial charge in [0, 0.05) is 37.2 Å². The predicted molar refractivity (Wildman–Crippen MR) is 105 cm³/mol. The highest BCUT2D eigenvalue weighted by atomic mass is 16.2. The Bertz CT molecular complexity index is 967. The lowest BCUT2D eigenvalue weighted by Crippen LogP contribution is -2.34. The summed E-state index contributed by atoms with van der Waals surface area (Å²) in [5.74, 6) is 0.143. The van der Waals surface area contributed by atoms with E-state index in [0.29, 0.717) is 0 Å². The van der Waals surface area contributed by atoms with E-state index in [0.717, 1.165) is 55.7 Å². The molecule has 3 aromatic rings. The minimum atomic E-state index is 0.143. The van der Waals surface area contributed by atoms with Gasteiger partial charge in [-0.05, 0) is 43.1 Å². The second-order valence-electron chi connectivity index (χ2n) is 8.06. The van der Waals surface area contributed by atoms with Crippen LogP contribution in [0.2, 0.25) is 0 Å². The van der Waals surface area contributed by atoms with Crippen molar-refractivity contribution in [2.75, 3.05) is 26.2 Å². The molecule has 5 heteroatoms. The van der Waals surface area contributed by atoms with Crippen LogP contribution >= 0.6 is 0 Å². The van der Waals surface area contributed by atoms with Crippen molar-refractivity contribution in [3.63, 3.8) is 0 Å². The van der Waals surface area contributed by atoms with E-state index < -0.39 is 0 Å². The van der Waals surface area contributed by atoms with E-state index >= 15 is 0 Å². The average Bonchev–Trinajstić information content (AvgIpc) is 3.42. The Morgan fingerprint density at radius 1 is 1.07 bits per heavy atom. The van der Waals surface area contributed by atoms with E-state index in [1.54, 1.807) is 6.33 Å². The SMILES string of the molecule is O=C(c1ccc2nc[nH]c2c1)N1CCC2(CCN(Cc3ccccc3)C2)C1. The topological polar surface area (TPSA) is 52.2 Å². The smallest absolute Gasteiger partial charge is 0.253 e. The lowest BCUT2D eigenvalue weighted by molar-refractivity contribution is 0.0773. The first-order valence-corrected chi connectivity index (χ1v) is 9.70. The van der Waals surface area contributed by atoms with E-state index in [1.807, 2.05) is 23.1 Å². The van der Waals surface area contributed by atoms with Gasteiger partial charge in [-0.3, -0.25) is 9.69 Å². The molecule has 5 rings (SSSR count). The Labute approximate surface area is 159 Å². The fourth-order valence-corrected chi connectivity index (χ4v) is 4.70. The van der Waals surface area contributed by atoms with E-state index in [-0.39, 0.29) is 11.3 Å². The molecule has 1 atom stereocenters. The van der Waals surface area contributed by atoms with Gasteiger partial charge in [-0.25, -0.2) is 4.98 Å². The van der Waals surface area contributed by atoms with Crippen molar-refractivity contribution in [3.05, 3.63) is 66.0 Å². The number of rotatable bonds is 3. The molecule has 2 fully saturated rings. The number of H-pyrrole nitrogens is 1. The summed E-state index contributed by atoms with van der Waals surface area (Å²) >= 11 is 0. The number of carbonyl (C=O) groups excluding carboxylic acids is 1. The van der Waals surface area contributed by atoms with Gasteiger partial charge in [0.2, 0.25) is 0 Å². The number of aromatic nitrogens is 2. The largest absolute Gasteiger partial charge is 0.345 e. The van der Waals surface area contributed by atoms with Crippen LogP contribution in [0, 0.1) is 5.41 Å². The number of nitrogens with zero attached hydrogens (tertiary/aromatic N) is 3. The molecule has 1 unspecified atom stereocenters. The summed E-state index contributed by atoms with van der Waals surface area (Å²) in [6.45, 7) is 4.95. The molecule has 2 aliphatic heterocycles. The molecule has 2 saturated heterocycles. The zero-order valence-electron chi connectivity index (χ0n) is 15.4. The first-order valence-electron chi connectivity index (χ1n) is 9.70. The highest BCUT2D eigenvalue weighted by molar-refractivity contribution is 5.97. The van der Waals surface area contributed by atoms with Crippen molar-refractivity contribution < 1.29 is 4.79 Å². The Balaban J connectivity index is 1.26. The van der Waals surface area contributed by atoms with Crippen LogP contribution in [0.5, 0.6) is 0 Å². The maximum atomic E-state index is 13.0. The van der Waals surface area contributed by atoms with Crippen molar-refractivity contribution in [3.8, 4) is 0 Å². The van der Waals surface area contributed by atoms with Crippen molar-refractivity contribution in [2.24, 2.45) is 5.41 Å². The summed E-state index contributed by atoms with van der Waals surface area (Å²) in [6, 6.07) is 16.4. The van der Waals surface area contributed by atoms with Crippen LogP contribution in [0.15, 0.2) is 54.9 Å². The van der Waals surface area contributed by atoms with Gasteiger partial charge >= 0.3 is 0 Å². The lowest BCUT2D eigenvalue weighted by Gasteiger charge is -2.25. The maximum absolute atomic E-state index is 13.0. The van der Waals surface area contributed by atoms with Gasteiger partial charge in [0.05, 0.1) is 17.4 Å². The summed E-state index contributed by atoms with van der Waals surface area (Å²) in [4.78, 5) is 24.9. The number of hydrogen-bond acceptors (Lipinski definition) is 3. The molecule has 2 aromatic carbocycles. The second-order valence-corrected chi connectivity index (χ2v) is 8.06. The number of imidazole rings is 1. The monoisotopic (exact) mass is 360 g/mol. The highest BCUT2D eigenvalue weighted by Gasteiger charge is 2.44.